The normalized spacial score (nSPS) is 22.4. The molecule has 2 aliphatic rings. The summed E-state index contributed by atoms with van der Waals surface area (Å²) < 4.78 is 0. The first kappa shape index (κ1) is 17.5. The van der Waals surface area contributed by atoms with Crippen LogP contribution in [0.5, 0.6) is 0 Å². The topological polar surface area (TPSA) is 97.8 Å². The molecular formula is C17H25N5O3. The predicted molar refractivity (Wildman–Crippen MR) is 94.5 cm³/mol. The maximum absolute atomic E-state index is 12.5. The summed E-state index contributed by atoms with van der Waals surface area (Å²) in [7, 11) is 3.78. The molecule has 3 N–H and O–H groups in total. The quantitative estimate of drug-likeness (QED) is 0.729. The molecule has 3 rings (SSSR count). The van der Waals surface area contributed by atoms with Crippen molar-refractivity contribution in [2.75, 3.05) is 43.9 Å². The van der Waals surface area contributed by atoms with Crippen LogP contribution in [0.1, 0.15) is 19.3 Å². The van der Waals surface area contributed by atoms with Crippen LogP contribution in [0.2, 0.25) is 0 Å². The molecule has 25 heavy (non-hydrogen) atoms. The number of pyridine rings is 1. The van der Waals surface area contributed by atoms with Crippen LogP contribution >= 0.6 is 0 Å². The van der Waals surface area contributed by atoms with Gasteiger partial charge in [0.25, 0.3) is 0 Å². The fourth-order valence-corrected chi connectivity index (χ4v) is 3.53. The van der Waals surface area contributed by atoms with Crippen LogP contribution in [0.15, 0.2) is 18.3 Å². The van der Waals surface area contributed by atoms with Gasteiger partial charge in [0.1, 0.15) is 5.82 Å². The Kier molecular flexibility index (Phi) is 4.80. The lowest BCUT2D eigenvalue weighted by Crippen LogP contribution is -2.56. The highest BCUT2D eigenvalue weighted by atomic mass is 16.3. The lowest BCUT2D eigenvalue weighted by atomic mass is 9.71. The number of nitrogens with zero attached hydrogens (tertiary/aromatic N) is 3. The van der Waals surface area contributed by atoms with E-state index in [4.69, 9.17) is 0 Å². The highest BCUT2D eigenvalue weighted by Crippen LogP contribution is 2.38. The van der Waals surface area contributed by atoms with E-state index in [-0.39, 0.29) is 11.9 Å². The molecule has 8 nitrogen and oxygen atoms in total. The monoisotopic (exact) mass is 347 g/mol. The number of rotatable bonds is 2. The molecule has 3 amide bonds. The van der Waals surface area contributed by atoms with Gasteiger partial charge in [0, 0.05) is 51.7 Å². The Morgan fingerprint density at radius 2 is 2.16 bits per heavy atom. The van der Waals surface area contributed by atoms with Crippen molar-refractivity contribution in [1.82, 2.24) is 15.2 Å². The van der Waals surface area contributed by atoms with Crippen LogP contribution in [0.3, 0.4) is 0 Å². The summed E-state index contributed by atoms with van der Waals surface area (Å²) >= 11 is 0. The van der Waals surface area contributed by atoms with Gasteiger partial charge in [-0.2, -0.15) is 0 Å². The molecule has 0 aliphatic carbocycles. The summed E-state index contributed by atoms with van der Waals surface area (Å²) in [6.07, 6.45) is 2.78. The van der Waals surface area contributed by atoms with Crippen LogP contribution in [0.4, 0.5) is 16.3 Å². The number of hydrogen-bond acceptors (Lipinski definition) is 5. The van der Waals surface area contributed by atoms with E-state index in [1.807, 2.05) is 25.1 Å². The molecule has 8 heteroatoms. The molecule has 0 radical (unpaired) electrons. The molecule has 0 aromatic carbocycles. The van der Waals surface area contributed by atoms with E-state index in [0.29, 0.717) is 44.6 Å². The number of carbonyl (C=O) groups is 2. The third kappa shape index (κ3) is 3.68. The van der Waals surface area contributed by atoms with Crippen molar-refractivity contribution in [2.24, 2.45) is 5.41 Å². The van der Waals surface area contributed by atoms with Gasteiger partial charge in [-0.05, 0) is 25.3 Å². The summed E-state index contributed by atoms with van der Waals surface area (Å²) in [4.78, 5) is 32.5. The Balaban J connectivity index is 1.60. The lowest BCUT2D eigenvalue weighted by molar-refractivity contribution is -0.140. The molecule has 0 bridgehead atoms. The number of β-amino-alcohol motifs (C(OH)–C–C–N with tert-alkyl or cyclic N) is 1. The smallest absolute Gasteiger partial charge is 0.321 e. The fourth-order valence-electron chi connectivity index (χ4n) is 3.53. The number of anilines is 2. The van der Waals surface area contributed by atoms with E-state index in [2.05, 4.69) is 15.6 Å². The molecule has 1 atom stereocenters. The predicted octanol–water partition coefficient (Wildman–Crippen LogP) is 0.643. The van der Waals surface area contributed by atoms with Crippen LogP contribution in [0, 0.1) is 5.41 Å². The molecule has 3 heterocycles. The number of aliphatic hydroxyl groups excluding tert-OH is 1. The first-order chi connectivity index (χ1) is 11.9. The Hall–Kier alpha value is -2.35. The van der Waals surface area contributed by atoms with Crippen LogP contribution in [0.25, 0.3) is 0 Å². The zero-order chi connectivity index (χ0) is 18.0. The number of likely N-dealkylation sites (tertiary alicyclic amines) is 1. The molecule has 1 aromatic rings. The molecule has 0 saturated carbocycles. The summed E-state index contributed by atoms with van der Waals surface area (Å²) in [6.45, 7) is 1.32. The van der Waals surface area contributed by atoms with Gasteiger partial charge in [-0.1, -0.05) is 0 Å². The number of aliphatic hydroxyl groups is 1. The summed E-state index contributed by atoms with van der Waals surface area (Å²) in [5.74, 6) is 0.769. The third-order valence-corrected chi connectivity index (χ3v) is 5.07. The second kappa shape index (κ2) is 6.87. The van der Waals surface area contributed by atoms with Crippen LogP contribution in [-0.2, 0) is 4.79 Å². The van der Waals surface area contributed by atoms with E-state index in [1.54, 1.807) is 17.2 Å². The van der Waals surface area contributed by atoms with Gasteiger partial charge in [0.05, 0.1) is 11.5 Å². The molecule has 1 unspecified atom stereocenters. The Labute approximate surface area is 147 Å². The zero-order valence-electron chi connectivity index (χ0n) is 14.7. The van der Waals surface area contributed by atoms with Crippen LogP contribution in [-0.4, -0.2) is 66.8 Å². The van der Waals surface area contributed by atoms with Crippen molar-refractivity contribution in [3.63, 3.8) is 0 Å². The van der Waals surface area contributed by atoms with Gasteiger partial charge < -0.3 is 25.5 Å². The SMILES string of the molecule is CN(C)c1cc(NC(=O)N2CCC3(CC2)CC(O)CNC3=O)ccn1. The minimum Gasteiger partial charge on any atom is -0.391 e. The van der Waals surface area contributed by atoms with Gasteiger partial charge in [-0.15, -0.1) is 0 Å². The molecule has 1 spiro atoms. The average molecular weight is 347 g/mol. The third-order valence-electron chi connectivity index (χ3n) is 5.07. The Bertz CT molecular complexity index is 655. The first-order valence-corrected chi connectivity index (χ1v) is 8.55. The second-order valence-electron chi connectivity index (χ2n) is 7.06. The molecular weight excluding hydrogens is 322 g/mol. The van der Waals surface area contributed by atoms with Gasteiger partial charge in [-0.25, -0.2) is 9.78 Å². The lowest BCUT2D eigenvalue weighted by Gasteiger charge is -2.44. The molecule has 1 aromatic heterocycles. The van der Waals surface area contributed by atoms with Crippen LogP contribution < -0.4 is 15.5 Å². The Morgan fingerprint density at radius 1 is 1.44 bits per heavy atom. The summed E-state index contributed by atoms with van der Waals surface area (Å²) in [5.41, 5.74) is 0.151. The van der Waals surface area contributed by atoms with Crippen molar-refractivity contribution in [1.29, 1.82) is 0 Å². The molecule has 136 valence electrons. The van der Waals surface area contributed by atoms with Gasteiger partial charge in [0.15, 0.2) is 0 Å². The van der Waals surface area contributed by atoms with Gasteiger partial charge >= 0.3 is 6.03 Å². The number of nitrogens with one attached hydrogen (secondary N) is 2. The maximum Gasteiger partial charge on any atom is 0.321 e. The number of hydrogen-bond donors (Lipinski definition) is 3. The first-order valence-electron chi connectivity index (χ1n) is 8.55. The van der Waals surface area contributed by atoms with Crippen molar-refractivity contribution >= 4 is 23.4 Å². The van der Waals surface area contributed by atoms with E-state index >= 15 is 0 Å². The van der Waals surface area contributed by atoms with Crippen molar-refractivity contribution in [3.05, 3.63) is 18.3 Å². The van der Waals surface area contributed by atoms with Crippen molar-refractivity contribution in [2.45, 2.75) is 25.4 Å². The van der Waals surface area contributed by atoms with Crippen molar-refractivity contribution in [3.8, 4) is 0 Å². The zero-order valence-corrected chi connectivity index (χ0v) is 14.7. The minimum absolute atomic E-state index is 0.00242. The van der Waals surface area contributed by atoms with E-state index in [1.165, 1.54) is 0 Å². The highest BCUT2D eigenvalue weighted by molar-refractivity contribution is 5.90. The van der Waals surface area contributed by atoms with Gasteiger partial charge in [-0.3, -0.25) is 4.79 Å². The largest absolute Gasteiger partial charge is 0.391 e. The van der Waals surface area contributed by atoms with E-state index in [0.717, 1.165) is 5.82 Å². The number of urea groups is 1. The molecule has 2 aliphatic heterocycles. The molecule has 2 saturated heterocycles. The van der Waals surface area contributed by atoms with E-state index < -0.39 is 11.5 Å². The van der Waals surface area contributed by atoms with Gasteiger partial charge in [0.2, 0.25) is 5.91 Å². The van der Waals surface area contributed by atoms with E-state index in [9.17, 15) is 14.7 Å². The fraction of sp³-hybridized carbons (Fsp3) is 0.588. The van der Waals surface area contributed by atoms with Crippen molar-refractivity contribution < 1.29 is 14.7 Å². The molecule has 2 fully saturated rings. The number of carbonyl (C=O) groups excluding carboxylic acids is 2. The summed E-state index contributed by atoms with van der Waals surface area (Å²) in [5, 5.41) is 15.5. The standard InChI is InChI=1S/C17H25N5O3/c1-21(2)14-9-12(3-6-18-14)20-16(25)22-7-4-17(5-8-22)10-13(23)11-19-15(17)24/h3,6,9,13,23H,4-5,7-8,10-11H2,1-2H3,(H,19,24)(H,18,20,25). The Morgan fingerprint density at radius 3 is 2.84 bits per heavy atom. The number of amides is 3. The average Bonchev–Trinajstić information content (AvgIpc) is 2.59. The maximum atomic E-state index is 12.5. The highest BCUT2D eigenvalue weighted by Gasteiger charge is 2.45. The number of piperidine rings is 2. The minimum atomic E-state index is -0.538. The number of aromatic nitrogens is 1. The second-order valence-corrected chi connectivity index (χ2v) is 7.06. The summed E-state index contributed by atoms with van der Waals surface area (Å²) in [6, 6.07) is 3.39.